The number of aromatic nitrogens is 2. The largest absolute Gasteiger partial charge is 0.377 e. The van der Waals surface area contributed by atoms with E-state index in [0.29, 0.717) is 16.7 Å². The minimum Gasteiger partial charge on any atom is -0.377 e. The second-order valence-electron chi connectivity index (χ2n) is 2.32. The van der Waals surface area contributed by atoms with E-state index in [4.69, 9.17) is 10.00 Å². The summed E-state index contributed by atoms with van der Waals surface area (Å²) in [5, 5.41) is 19.2. The van der Waals surface area contributed by atoms with Crippen LogP contribution in [-0.2, 0) is 16.1 Å². The monoisotopic (exact) mass is 212 g/mol. The molecular weight excluding hydrogens is 204 g/mol. The summed E-state index contributed by atoms with van der Waals surface area (Å²) in [5.41, 5.74) is 0. The van der Waals surface area contributed by atoms with Gasteiger partial charge in [-0.2, -0.15) is 5.26 Å². The number of anilines is 1. The second kappa shape index (κ2) is 5.26. The fourth-order valence-electron chi connectivity index (χ4n) is 0.721. The third kappa shape index (κ3) is 3.08. The van der Waals surface area contributed by atoms with Crippen molar-refractivity contribution in [2.75, 3.05) is 12.4 Å². The van der Waals surface area contributed by atoms with Gasteiger partial charge in [-0.3, -0.25) is 10.1 Å². The van der Waals surface area contributed by atoms with Crippen LogP contribution in [0.3, 0.4) is 0 Å². The molecule has 0 bridgehead atoms. The lowest BCUT2D eigenvalue weighted by Gasteiger charge is -1.93. The number of hydrogen-bond acceptors (Lipinski definition) is 6. The molecule has 0 unspecified atom stereocenters. The standard InChI is InChI=1S/C7H8N4O2S/c1-13-4-6-10-11-7(14-6)9-5(12)2-3-8/h2,4H2,1H3,(H,9,11,12). The van der Waals surface area contributed by atoms with Gasteiger partial charge in [-0.05, 0) is 0 Å². The van der Waals surface area contributed by atoms with Gasteiger partial charge in [0.25, 0.3) is 0 Å². The maximum Gasteiger partial charge on any atom is 0.240 e. The van der Waals surface area contributed by atoms with Crippen molar-refractivity contribution in [2.45, 2.75) is 13.0 Å². The number of ether oxygens (including phenoxy) is 1. The average molecular weight is 212 g/mol. The van der Waals surface area contributed by atoms with Crippen LogP contribution in [0.25, 0.3) is 0 Å². The lowest BCUT2D eigenvalue weighted by atomic mass is 10.4. The third-order valence-electron chi connectivity index (χ3n) is 1.22. The highest BCUT2D eigenvalue weighted by atomic mass is 32.1. The molecule has 1 aromatic heterocycles. The number of nitrogens with one attached hydrogen (secondary N) is 1. The highest BCUT2D eigenvalue weighted by Crippen LogP contribution is 2.15. The van der Waals surface area contributed by atoms with Gasteiger partial charge in [0.1, 0.15) is 18.0 Å². The Balaban J connectivity index is 2.51. The number of rotatable bonds is 4. The van der Waals surface area contributed by atoms with E-state index in [1.54, 1.807) is 13.2 Å². The molecule has 1 aromatic rings. The molecule has 7 heteroatoms. The molecule has 0 saturated heterocycles. The lowest BCUT2D eigenvalue weighted by Crippen LogP contribution is -2.09. The Labute approximate surface area is 84.5 Å². The van der Waals surface area contributed by atoms with Crippen LogP contribution in [0.4, 0.5) is 5.13 Å². The Kier molecular flexibility index (Phi) is 3.97. The van der Waals surface area contributed by atoms with E-state index in [1.807, 2.05) is 0 Å². The van der Waals surface area contributed by atoms with E-state index in [2.05, 4.69) is 15.5 Å². The van der Waals surface area contributed by atoms with E-state index in [9.17, 15) is 4.79 Å². The molecule has 74 valence electrons. The van der Waals surface area contributed by atoms with Crippen LogP contribution in [-0.4, -0.2) is 23.2 Å². The molecule has 14 heavy (non-hydrogen) atoms. The number of nitrogens with zero attached hydrogens (tertiary/aromatic N) is 3. The molecule has 0 spiro atoms. The van der Waals surface area contributed by atoms with Gasteiger partial charge in [0.15, 0.2) is 0 Å². The van der Waals surface area contributed by atoms with Crippen LogP contribution < -0.4 is 5.32 Å². The Morgan fingerprint density at radius 1 is 1.71 bits per heavy atom. The molecular formula is C7H8N4O2S. The smallest absolute Gasteiger partial charge is 0.240 e. The zero-order chi connectivity index (χ0) is 10.4. The van der Waals surface area contributed by atoms with Gasteiger partial charge in [0.2, 0.25) is 11.0 Å². The summed E-state index contributed by atoms with van der Waals surface area (Å²) in [5.74, 6) is -0.382. The van der Waals surface area contributed by atoms with E-state index >= 15 is 0 Å². The summed E-state index contributed by atoms with van der Waals surface area (Å²) in [4.78, 5) is 11.0. The van der Waals surface area contributed by atoms with Gasteiger partial charge in [0.05, 0.1) is 6.07 Å². The minimum atomic E-state index is -0.382. The highest BCUT2D eigenvalue weighted by molar-refractivity contribution is 7.15. The minimum absolute atomic E-state index is 0.181. The molecule has 0 aliphatic rings. The van der Waals surface area contributed by atoms with Gasteiger partial charge >= 0.3 is 0 Å². The van der Waals surface area contributed by atoms with E-state index in [0.717, 1.165) is 0 Å². The Morgan fingerprint density at radius 2 is 2.50 bits per heavy atom. The summed E-state index contributed by atoms with van der Waals surface area (Å²) < 4.78 is 4.84. The average Bonchev–Trinajstić information content (AvgIpc) is 2.53. The predicted molar refractivity (Wildman–Crippen MR) is 49.5 cm³/mol. The molecule has 0 aliphatic heterocycles. The number of methoxy groups -OCH3 is 1. The first kappa shape index (κ1) is 10.6. The van der Waals surface area contributed by atoms with E-state index < -0.39 is 0 Å². The number of carbonyl (C=O) groups excluding carboxylic acids is 1. The van der Waals surface area contributed by atoms with Crippen molar-refractivity contribution >= 4 is 22.4 Å². The van der Waals surface area contributed by atoms with Crippen LogP contribution in [0.2, 0.25) is 0 Å². The molecule has 0 atom stereocenters. The predicted octanol–water partition coefficient (Wildman–Crippen LogP) is 0.537. The van der Waals surface area contributed by atoms with E-state index in [1.165, 1.54) is 11.3 Å². The Bertz CT molecular complexity index is 357. The first-order valence-corrected chi connectivity index (χ1v) is 4.56. The maximum absolute atomic E-state index is 11.0. The van der Waals surface area contributed by atoms with Gasteiger partial charge in [0, 0.05) is 7.11 Å². The molecule has 1 N–H and O–H groups in total. The number of hydrogen-bond donors (Lipinski definition) is 1. The van der Waals surface area contributed by atoms with Crippen LogP contribution in [0.1, 0.15) is 11.4 Å². The molecule has 6 nitrogen and oxygen atoms in total. The van der Waals surface area contributed by atoms with Crippen molar-refractivity contribution in [3.63, 3.8) is 0 Å². The summed E-state index contributed by atoms with van der Waals surface area (Å²) in [6.07, 6.45) is -0.181. The quantitative estimate of drug-likeness (QED) is 0.786. The maximum atomic E-state index is 11.0. The van der Waals surface area contributed by atoms with Crippen molar-refractivity contribution in [2.24, 2.45) is 0 Å². The topological polar surface area (TPSA) is 87.9 Å². The molecule has 0 aromatic carbocycles. The number of nitriles is 1. The normalized spacial score (nSPS) is 9.43. The molecule has 1 heterocycles. The van der Waals surface area contributed by atoms with Gasteiger partial charge in [-0.25, -0.2) is 0 Å². The van der Waals surface area contributed by atoms with Gasteiger partial charge in [-0.15, -0.1) is 10.2 Å². The fraction of sp³-hybridized carbons (Fsp3) is 0.429. The van der Waals surface area contributed by atoms with Gasteiger partial charge < -0.3 is 4.74 Å². The summed E-state index contributed by atoms with van der Waals surface area (Å²) in [6.45, 7) is 0.367. The lowest BCUT2D eigenvalue weighted by molar-refractivity contribution is -0.115. The summed E-state index contributed by atoms with van der Waals surface area (Å²) >= 11 is 1.22. The molecule has 0 saturated carbocycles. The zero-order valence-electron chi connectivity index (χ0n) is 7.48. The molecule has 0 fully saturated rings. The van der Waals surface area contributed by atoms with Crippen LogP contribution in [0.5, 0.6) is 0 Å². The number of amides is 1. The zero-order valence-corrected chi connectivity index (χ0v) is 8.30. The van der Waals surface area contributed by atoms with Crippen LogP contribution in [0, 0.1) is 11.3 Å². The highest BCUT2D eigenvalue weighted by Gasteiger charge is 2.06. The van der Waals surface area contributed by atoms with Crippen molar-refractivity contribution < 1.29 is 9.53 Å². The molecule has 0 aliphatic carbocycles. The summed E-state index contributed by atoms with van der Waals surface area (Å²) in [7, 11) is 1.55. The van der Waals surface area contributed by atoms with Crippen LogP contribution in [0.15, 0.2) is 0 Å². The Hall–Kier alpha value is -1.52. The first-order valence-electron chi connectivity index (χ1n) is 3.74. The van der Waals surface area contributed by atoms with Crippen molar-refractivity contribution in [3.8, 4) is 6.07 Å². The first-order chi connectivity index (χ1) is 6.76. The molecule has 1 rings (SSSR count). The van der Waals surface area contributed by atoms with E-state index in [-0.39, 0.29) is 12.3 Å². The molecule has 0 radical (unpaired) electrons. The Morgan fingerprint density at radius 3 is 3.14 bits per heavy atom. The summed E-state index contributed by atoms with van der Waals surface area (Å²) in [6, 6.07) is 1.74. The van der Waals surface area contributed by atoms with Crippen molar-refractivity contribution in [1.29, 1.82) is 5.26 Å². The fourth-order valence-corrected chi connectivity index (χ4v) is 1.45. The van der Waals surface area contributed by atoms with Crippen LogP contribution >= 0.6 is 11.3 Å². The van der Waals surface area contributed by atoms with Crippen molar-refractivity contribution in [1.82, 2.24) is 10.2 Å². The third-order valence-corrected chi connectivity index (χ3v) is 2.03. The number of carbonyl (C=O) groups is 1. The van der Waals surface area contributed by atoms with Crippen molar-refractivity contribution in [3.05, 3.63) is 5.01 Å². The second-order valence-corrected chi connectivity index (χ2v) is 3.38. The van der Waals surface area contributed by atoms with Gasteiger partial charge in [-0.1, -0.05) is 11.3 Å². The SMILES string of the molecule is COCc1nnc(NC(=O)CC#N)s1. The molecule has 1 amide bonds.